The molecule has 1 aliphatic rings. The molecule has 122 valence electrons. The van der Waals surface area contributed by atoms with Gasteiger partial charge in [-0.05, 0) is 28.8 Å². The molecule has 0 saturated carbocycles. The zero-order chi connectivity index (χ0) is 15.9. The summed E-state index contributed by atoms with van der Waals surface area (Å²) in [5.41, 5.74) is 4.01. The molecule has 1 heterocycles. The summed E-state index contributed by atoms with van der Waals surface area (Å²) in [6.07, 6.45) is 0. The molecule has 1 aliphatic heterocycles. The van der Waals surface area contributed by atoms with Gasteiger partial charge < -0.3 is 10.1 Å². The molecule has 0 aromatic heterocycles. The summed E-state index contributed by atoms with van der Waals surface area (Å²) in [6.45, 7) is 6.61. The second kappa shape index (κ2) is 8.60. The number of morpholine rings is 1. The Balaban J connectivity index is 1.44. The van der Waals surface area contributed by atoms with Crippen LogP contribution in [0.5, 0.6) is 0 Å². The van der Waals surface area contributed by atoms with E-state index in [0.717, 1.165) is 50.4 Å². The second-order valence-electron chi connectivity index (χ2n) is 5.94. The van der Waals surface area contributed by atoms with Crippen molar-refractivity contribution in [2.24, 2.45) is 0 Å². The van der Waals surface area contributed by atoms with Crippen molar-refractivity contribution in [2.45, 2.75) is 19.6 Å². The van der Waals surface area contributed by atoms with Crippen molar-refractivity contribution in [3.8, 4) is 0 Å². The van der Waals surface area contributed by atoms with E-state index in [1.54, 1.807) is 0 Å². The maximum absolute atomic E-state index is 5.39. The topological polar surface area (TPSA) is 24.5 Å². The molecule has 2 aromatic rings. The molecule has 0 bridgehead atoms. The van der Waals surface area contributed by atoms with Gasteiger partial charge >= 0.3 is 0 Å². The fraction of sp³-hybridized carbons (Fsp3) is 0.368. The summed E-state index contributed by atoms with van der Waals surface area (Å²) >= 11 is 3.46. The smallest absolute Gasteiger partial charge is 0.0594 e. The molecule has 0 spiro atoms. The number of ether oxygens (including phenoxy) is 1. The van der Waals surface area contributed by atoms with Gasteiger partial charge in [0.15, 0.2) is 0 Å². The second-order valence-corrected chi connectivity index (χ2v) is 6.85. The van der Waals surface area contributed by atoms with Crippen molar-refractivity contribution in [3.05, 3.63) is 69.7 Å². The first-order chi connectivity index (χ1) is 11.3. The van der Waals surface area contributed by atoms with Crippen LogP contribution in [0.4, 0.5) is 0 Å². The fourth-order valence-electron chi connectivity index (χ4n) is 2.73. The molecular formula is C19H23BrN2O. The first-order valence-electron chi connectivity index (χ1n) is 8.13. The molecule has 0 unspecified atom stereocenters. The molecule has 2 aromatic carbocycles. The van der Waals surface area contributed by atoms with Gasteiger partial charge in [0.2, 0.25) is 0 Å². The van der Waals surface area contributed by atoms with E-state index in [2.05, 4.69) is 74.7 Å². The number of hydrogen-bond acceptors (Lipinski definition) is 3. The van der Waals surface area contributed by atoms with Crippen LogP contribution in [0.25, 0.3) is 0 Å². The summed E-state index contributed by atoms with van der Waals surface area (Å²) in [5, 5.41) is 3.50. The summed E-state index contributed by atoms with van der Waals surface area (Å²) in [6, 6.07) is 17.4. The zero-order valence-corrected chi connectivity index (χ0v) is 14.9. The highest BCUT2D eigenvalue weighted by molar-refractivity contribution is 9.10. The fourth-order valence-corrected chi connectivity index (χ4v) is 3.00. The van der Waals surface area contributed by atoms with Gasteiger partial charge in [0, 0.05) is 37.2 Å². The average Bonchev–Trinajstić information content (AvgIpc) is 2.59. The van der Waals surface area contributed by atoms with Crippen LogP contribution in [0, 0.1) is 0 Å². The molecule has 1 N–H and O–H groups in total. The van der Waals surface area contributed by atoms with Crippen LogP contribution in [-0.4, -0.2) is 31.2 Å². The molecule has 3 rings (SSSR count). The Morgan fingerprint density at radius 1 is 0.826 bits per heavy atom. The van der Waals surface area contributed by atoms with Crippen molar-refractivity contribution in [2.75, 3.05) is 26.3 Å². The molecule has 0 radical (unpaired) electrons. The molecule has 1 saturated heterocycles. The highest BCUT2D eigenvalue weighted by Crippen LogP contribution is 2.11. The lowest BCUT2D eigenvalue weighted by atomic mass is 10.1. The average molecular weight is 375 g/mol. The monoisotopic (exact) mass is 374 g/mol. The molecule has 3 nitrogen and oxygen atoms in total. The lowest BCUT2D eigenvalue weighted by molar-refractivity contribution is 0.0342. The van der Waals surface area contributed by atoms with E-state index in [1.807, 2.05) is 0 Å². The van der Waals surface area contributed by atoms with E-state index in [4.69, 9.17) is 4.74 Å². The molecule has 1 fully saturated rings. The van der Waals surface area contributed by atoms with E-state index in [9.17, 15) is 0 Å². The van der Waals surface area contributed by atoms with Gasteiger partial charge in [-0.2, -0.15) is 0 Å². The van der Waals surface area contributed by atoms with Crippen LogP contribution < -0.4 is 5.32 Å². The van der Waals surface area contributed by atoms with E-state index in [-0.39, 0.29) is 0 Å². The highest BCUT2D eigenvalue weighted by Gasteiger charge is 2.10. The first-order valence-corrected chi connectivity index (χ1v) is 8.92. The highest BCUT2D eigenvalue weighted by atomic mass is 79.9. The molecule has 23 heavy (non-hydrogen) atoms. The number of rotatable bonds is 6. The van der Waals surface area contributed by atoms with Crippen LogP contribution in [0.2, 0.25) is 0 Å². The van der Waals surface area contributed by atoms with Gasteiger partial charge in [0.25, 0.3) is 0 Å². The minimum absolute atomic E-state index is 0.859. The van der Waals surface area contributed by atoms with Crippen LogP contribution in [-0.2, 0) is 24.4 Å². The predicted molar refractivity (Wildman–Crippen MR) is 97.2 cm³/mol. The summed E-state index contributed by atoms with van der Waals surface area (Å²) in [4.78, 5) is 2.45. The Labute approximate surface area is 146 Å². The van der Waals surface area contributed by atoms with Crippen molar-refractivity contribution in [1.82, 2.24) is 10.2 Å². The van der Waals surface area contributed by atoms with Gasteiger partial charge in [-0.15, -0.1) is 0 Å². The van der Waals surface area contributed by atoms with Gasteiger partial charge in [0.1, 0.15) is 0 Å². The lowest BCUT2D eigenvalue weighted by Gasteiger charge is -2.26. The number of nitrogens with one attached hydrogen (secondary N) is 1. The van der Waals surface area contributed by atoms with Crippen LogP contribution in [0.1, 0.15) is 16.7 Å². The summed E-state index contributed by atoms with van der Waals surface area (Å²) < 4.78 is 6.51. The van der Waals surface area contributed by atoms with E-state index in [0.29, 0.717) is 0 Å². The Hall–Kier alpha value is -1.20. The van der Waals surface area contributed by atoms with E-state index < -0.39 is 0 Å². The normalized spacial score (nSPS) is 15.7. The molecular weight excluding hydrogens is 352 g/mol. The van der Waals surface area contributed by atoms with Gasteiger partial charge in [-0.3, -0.25) is 4.90 Å². The van der Waals surface area contributed by atoms with Crippen LogP contribution in [0.3, 0.4) is 0 Å². The maximum atomic E-state index is 5.39. The SMILES string of the molecule is Brc1ccc(CNCc2ccc(CN3CCOCC3)cc2)cc1. The van der Waals surface area contributed by atoms with Gasteiger partial charge in [-0.25, -0.2) is 0 Å². The Bertz CT molecular complexity index is 592. The van der Waals surface area contributed by atoms with E-state index >= 15 is 0 Å². The quantitative estimate of drug-likeness (QED) is 0.836. The summed E-state index contributed by atoms with van der Waals surface area (Å²) in [5.74, 6) is 0. The third kappa shape index (κ3) is 5.43. The van der Waals surface area contributed by atoms with E-state index in [1.165, 1.54) is 16.7 Å². The summed E-state index contributed by atoms with van der Waals surface area (Å²) in [7, 11) is 0. The Morgan fingerprint density at radius 2 is 1.35 bits per heavy atom. The minimum Gasteiger partial charge on any atom is -0.379 e. The third-order valence-electron chi connectivity index (χ3n) is 4.10. The van der Waals surface area contributed by atoms with Gasteiger partial charge in [-0.1, -0.05) is 52.3 Å². The van der Waals surface area contributed by atoms with Crippen molar-refractivity contribution in [3.63, 3.8) is 0 Å². The molecule has 0 aliphatic carbocycles. The maximum Gasteiger partial charge on any atom is 0.0594 e. The Kier molecular flexibility index (Phi) is 6.22. The molecule has 0 atom stereocenters. The molecule has 0 amide bonds. The third-order valence-corrected chi connectivity index (χ3v) is 4.63. The number of halogens is 1. The molecule has 4 heteroatoms. The standard InChI is InChI=1S/C19H23BrN2O/c20-19-7-5-17(6-8-19)14-21-13-16-1-3-18(4-2-16)15-22-9-11-23-12-10-22/h1-8,21H,9-15H2. The largest absolute Gasteiger partial charge is 0.379 e. The number of nitrogens with zero attached hydrogens (tertiary/aromatic N) is 1. The first kappa shape index (κ1) is 16.7. The van der Waals surface area contributed by atoms with Gasteiger partial charge in [0.05, 0.1) is 13.2 Å². The van der Waals surface area contributed by atoms with Crippen molar-refractivity contribution >= 4 is 15.9 Å². The van der Waals surface area contributed by atoms with Crippen molar-refractivity contribution in [1.29, 1.82) is 0 Å². The zero-order valence-electron chi connectivity index (χ0n) is 13.3. The van der Waals surface area contributed by atoms with Crippen LogP contribution in [0.15, 0.2) is 53.0 Å². The number of hydrogen-bond donors (Lipinski definition) is 1. The minimum atomic E-state index is 0.859. The predicted octanol–water partition coefficient (Wildman–Crippen LogP) is 3.57. The van der Waals surface area contributed by atoms with Crippen LogP contribution >= 0.6 is 15.9 Å². The Morgan fingerprint density at radius 3 is 1.96 bits per heavy atom. The number of benzene rings is 2. The lowest BCUT2D eigenvalue weighted by Crippen LogP contribution is -2.35. The van der Waals surface area contributed by atoms with Crippen molar-refractivity contribution < 1.29 is 4.74 Å².